The first-order valence-electron chi connectivity index (χ1n) is 7.55. The Morgan fingerprint density at radius 2 is 1.86 bits per heavy atom. The van der Waals surface area contributed by atoms with Crippen molar-refractivity contribution in [3.05, 3.63) is 54.0 Å². The van der Waals surface area contributed by atoms with Gasteiger partial charge in [-0.25, -0.2) is 4.98 Å². The number of anilines is 1. The van der Waals surface area contributed by atoms with Crippen LogP contribution in [0.1, 0.15) is 24.5 Å². The molecule has 2 aromatic heterocycles. The van der Waals surface area contributed by atoms with Crippen LogP contribution in [0.3, 0.4) is 0 Å². The Balaban J connectivity index is 1.89. The number of pyridine rings is 2. The van der Waals surface area contributed by atoms with E-state index in [-0.39, 0.29) is 0 Å². The third-order valence-electron chi connectivity index (χ3n) is 3.44. The standard InChI is InChI=1S/C17H24N4/c1-3-8-19-14-16-6-11-20-17(13-16)21(2)12-7-15-4-9-18-10-5-15/h4-6,9-11,13,19H,3,7-8,12,14H2,1-2H3. The number of nitrogens with one attached hydrogen (secondary N) is 1. The molecule has 0 aromatic carbocycles. The molecular weight excluding hydrogens is 260 g/mol. The monoisotopic (exact) mass is 284 g/mol. The second-order valence-electron chi connectivity index (χ2n) is 5.23. The molecular formula is C17H24N4. The zero-order valence-corrected chi connectivity index (χ0v) is 12.9. The van der Waals surface area contributed by atoms with E-state index >= 15 is 0 Å². The molecule has 0 aliphatic heterocycles. The maximum atomic E-state index is 4.47. The van der Waals surface area contributed by atoms with Crippen LogP contribution >= 0.6 is 0 Å². The van der Waals surface area contributed by atoms with Crippen LogP contribution in [0, 0.1) is 0 Å². The Labute approximate surface area is 127 Å². The molecule has 0 spiro atoms. The summed E-state index contributed by atoms with van der Waals surface area (Å²) in [5, 5.41) is 3.42. The summed E-state index contributed by atoms with van der Waals surface area (Å²) in [4.78, 5) is 10.7. The van der Waals surface area contributed by atoms with E-state index in [1.165, 1.54) is 11.1 Å². The van der Waals surface area contributed by atoms with Crippen LogP contribution in [0.15, 0.2) is 42.9 Å². The fourth-order valence-electron chi connectivity index (χ4n) is 2.15. The molecule has 2 rings (SSSR count). The quantitative estimate of drug-likeness (QED) is 0.757. The van der Waals surface area contributed by atoms with Crippen molar-refractivity contribution < 1.29 is 0 Å². The molecule has 112 valence electrons. The van der Waals surface area contributed by atoms with Crippen molar-refractivity contribution in [3.8, 4) is 0 Å². The minimum atomic E-state index is 0.904. The molecule has 0 bridgehead atoms. The van der Waals surface area contributed by atoms with Crippen LogP contribution < -0.4 is 10.2 Å². The number of nitrogens with zero attached hydrogens (tertiary/aromatic N) is 3. The molecule has 0 unspecified atom stereocenters. The highest BCUT2D eigenvalue weighted by Crippen LogP contribution is 2.12. The molecule has 2 heterocycles. The lowest BCUT2D eigenvalue weighted by Crippen LogP contribution is -2.22. The average molecular weight is 284 g/mol. The maximum absolute atomic E-state index is 4.47. The summed E-state index contributed by atoms with van der Waals surface area (Å²) < 4.78 is 0. The van der Waals surface area contributed by atoms with Crippen LogP contribution in [-0.2, 0) is 13.0 Å². The summed E-state index contributed by atoms with van der Waals surface area (Å²) in [5.41, 5.74) is 2.59. The van der Waals surface area contributed by atoms with E-state index < -0.39 is 0 Å². The number of aromatic nitrogens is 2. The van der Waals surface area contributed by atoms with Crippen molar-refractivity contribution in [2.24, 2.45) is 0 Å². The van der Waals surface area contributed by atoms with Gasteiger partial charge in [-0.15, -0.1) is 0 Å². The van der Waals surface area contributed by atoms with Gasteiger partial charge in [0.1, 0.15) is 5.82 Å². The zero-order valence-electron chi connectivity index (χ0n) is 12.9. The van der Waals surface area contributed by atoms with E-state index in [9.17, 15) is 0 Å². The van der Waals surface area contributed by atoms with Gasteiger partial charge in [0.2, 0.25) is 0 Å². The summed E-state index contributed by atoms with van der Waals surface area (Å²) in [5.74, 6) is 1.03. The van der Waals surface area contributed by atoms with Gasteiger partial charge in [0, 0.05) is 38.7 Å². The fourth-order valence-corrected chi connectivity index (χ4v) is 2.15. The van der Waals surface area contributed by atoms with Crippen molar-refractivity contribution >= 4 is 5.82 Å². The summed E-state index contributed by atoms with van der Waals surface area (Å²) in [7, 11) is 2.09. The molecule has 0 saturated carbocycles. The van der Waals surface area contributed by atoms with Gasteiger partial charge in [0.25, 0.3) is 0 Å². The number of hydrogen-bond donors (Lipinski definition) is 1. The van der Waals surface area contributed by atoms with Crippen LogP contribution in [0.25, 0.3) is 0 Å². The SMILES string of the molecule is CCCNCc1ccnc(N(C)CCc2ccncc2)c1. The molecule has 0 aliphatic carbocycles. The first kappa shape index (κ1) is 15.4. The first-order valence-corrected chi connectivity index (χ1v) is 7.55. The third kappa shape index (κ3) is 5.16. The maximum Gasteiger partial charge on any atom is 0.128 e. The van der Waals surface area contributed by atoms with Crippen LogP contribution in [0.2, 0.25) is 0 Å². The largest absolute Gasteiger partial charge is 0.359 e. The van der Waals surface area contributed by atoms with Crippen molar-refractivity contribution in [1.29, 1.82) is 0 Å². The highest BCUT2D eigenvalue weighted by Gasteiger charge is 2.04. The molecule has 21 heavy (non-hydrogen) atoms. The number of likely N-dealkylation sites (N-methyl/N-ethyl adjacent to an activating group) is 1. The first-order chi connectivity index (χ1) is 10.3. The molecule has 0 aliphatic rings. The molecule has 1 N–H and O–H groups in total. The van der Waals surface area contributed by atoms with Gasteiger partial charge in [-0.05, 0) is 54.8 Å². The summed E-state index contributed by atoms with van der Waals surface area (Å²) in [6.07, 6.45) is 7.73. The van der Waals surface area contributed by atoms with E-state index in [1.807, 2.05) is 18.6 Å². The van der Waals surface area contributed by atoms with E-state index in [4.69, 9.17) is 0 Å². The van der Waals surface area contributed by atoms with Crippen molar-refractivity contribution in [2.75, 3.05) is 25.0 Å². The van der Waals surface area contributed by atoms with Gasteiger partial charge in [-0.3, -0.25) is 4.98 Å². The molecule has 0 atom stereocenters. The lowest BCUT2D eigenvalue weighted by Gasteiger charge is -2.19. The van der Waals surface area contributed by atoms with Crippen molar-refractivity contribution in [1.82, 2.24) is 15.3 Å². The van der Waals surface area contributed by atoms with Crippen LogP contribution in [-0.4, -0.2) is 30.1 Å². The molecule has 2 aromatic rings. The van der Waals surface area contributed by atoms with Crippen LogP contribution in [0.5, 0.6) is 0 Å². The van der Waals surface area contributed by atoms with Crippen LogP contribution in [0.4, 0.5) is 5.82 Å². The Morgan fingerprint density at radius 3 is 2.62 bits per heavy atom. The fraction of sp³-hybridized carbons (Fsp3) is 0.412. The molecule has 0 saturated heterocycles. The minimum Gasteiger partial charge on any atom is -0.359 e. The van der Waals surface area contributed by atoms with Gasteiger partial charge in [-0.2, -0.15) is 0 Å². The lowest BCUT2D eigenvalue weighted by molar-refractivity contribution is 0.674. The zero-order chi connectivity index (χ0) is 14.9. The Bertz CT molecular complexity index is 527. The molecule has 4 nitrogen and oxygen atoms in total. The molecule has 0 fully saturated rings. The lowest BCUT2D eigenvalue weighted by atomic mass is 10.2. The minimum absolute atomic E-state index is 0.904. The van der Waals surface area contributed by atoms with Crippen molar-refractivity contribution in [2.45, 2.75) is 26.3 Å². The number of hydrogen-bond acceptors (Lipinski definition) is 4. The number of rotatable bonds is 8. The predicted molar refractivity (Wildman–Crippen MR) is 87.4 cm³/mol. The van der Waals surface area contributed by atoms with E-state index in [2.05, 4.69) is 58.4 Å². The van der Waals surface area contributed by atoms with Gasteiger partial charge in [0.15, 0.2) is 0 Å². The second kappa shape index (κ2) is 8.37. The smallest absolute Gasteiger partial charge is 0.128 e. The predicted octanol–water partition coefficient (Wildman–Crippen LogP) is 2.66. The molecule has 0 radical (unpaired) electrons. The van der Waals surface area contributed by atoms with E-state index in [1.54, 1.807) is 0 Å². The normalized spacial score (nSPS) is 10.6. The van der Waals surface area contributed by atoms with E-state index in [0.717, 1.165) is 38.3 Å². The Hall–Kier alpha value is -1.94. The Kier molecular flexibility index (Phi) is 6.16. The summed E-state index contributed by atoms with van der Waals surface area (Å²) in [6.45, 7) is 5.08. The topological polar surface area (TPSA) is 41.1 Å². The van der Waals surface area contributed by atoms with Crippen molar-refractivity contribution in [3.63, 3.8) is 0 Å². The van der Waals surface area contributed by atoms with Gasteiger partial charge in [0.05, 0.1) is 0 Å². The van der Waals surface area contributed by atoms with E-state index in [0.29, 0.717) is 0 Å². The highest BCUT2D eigenvalue weighted by molar-refractivity contribution is 5.40. The Morgan fingerprint density at radius 1 is 1.10 bits per heavy atom. The van der Waals surface area contributed by atoms with Gasteiger partial charge in [-0.1, -0.05) is 6.92 Å². The third-order valence-corrected chi connectivity index (χ3v) is 3.44. The van der Waals surface area contributed by atoms with Gasteiger partial charge >= 0.3 is 0 Å². The van der Waals surface area contributed by atoms with Gasteiger partial charge < -0.3 is 10.2 Å². The summed E-state index contributed by atoms with van der Waals surface area (Å²) >= 11 is 0. The molecule has 4 heteroatoms. The highest BCUT2D eigenvalue weighted by atomic mass is 15.2. The summed E-state index contributed by atoms with van der Waals surface area (Å²) in [6, 6.07) is 8.36. The average Bonchev–Trinajstić information content (AvgIpc) is 2.54. The second-order valence-corrected chi connectivity index (χ2v) is 5.23. The molecule has 0 amide bonds.